The number of ether oxygens (including phenoxy) is 1. The first kappa shape index (κ1) is 13.1. The van der Waals surface area contributed by atoms with Crippen molar-refractivity contribution in [3.05, 3.63) is 0 Å². The number of amides is 1. The quantitative estimate of drug-likeness (QED) is 0.448. The van der Waals surface area contributed by atoms with Crippen molar-refractivity contribution >= 4 is 16.1 Å². The van der Waals surface area contributed by atoms with Crippen molar-refractivity contribution in [1.82, 2.24) is 4.72 Å². The van der Waals surface area contributed by atoms with Crippen LogP contribution in [0, 0.1) is 0 Å². The molecule has 0 unspecified atom stereocenters. The first-order valence-electron chi connectivity index (χ1n) is 4.07. The molecule has 0 saturated heterocycles. The van der Waals surface area contributed by atoms with E-state index in [0.29, 0.717) is 13.0 Å². The average Bonchev–Trinajstić information content (AvgIpc) is 2.09. The van der Waals surface area contributed by atoms with E-state index in [1.807, 2.05) is 0 Å². The molecular formula is C6H15N3O4S. The molecule has 8 heteroatoms. The van der Waals surface area contributed by atoms with Crippen molar-refractivity contribution in [2.24, 2.45) is 11.5 Å². The van der Waals surface area contributed by atoms with Crippen LogP contribution >= 0.6 is 0 Å². The van der Waals surface area contributed by atoms with Crippen LogP contribution in [0.25, 0.3) is 0 Å². The Hall–Kier alpha value is -0.860. The average molecular weight is 225 g/mol. The summed E-state index contributed by atoms with van der Waals surface area (Å²) in [7, 11) is -3.30. The Labute approximate surface area is 82.8 Å². The van der Waals surface area contributed by atoms with Crippen LogP contribution in [0.15, 0.2) is 0 Å². The highest BCUT2D eigenvalue weighted by Crippen LogP contribution is 1.87. The number of nitrogens with two attached hydrogens (primary N) is 2. The van der Waals surface area contributed by atoms with Crippen LogP contribution in [0.2, 0.25) is 0 Å². The summed E-state index contributed by atoms with van der Waals surface area (Å²) in [5, 5.41) is 0. The van der Waals surface area contributed by atoms with E-state index in [9.17, 15) is 13.2 Å². The highest BCUT2D eigenvalue weighted by molar-refractivity contribution is 7.89. The summed E-state index contributed by atoms with van der Waals surface area (Å²) in [6.45, 7) is 0.270. The molecule has 0 fully saturated rings. The van der Waals surface area contributed by atoms with Crippen molar-refractivity contribution in [1.29, 1.82) is 0 Å². The molecule has 0 aromatic carbocycles. The maximum absolute atomic E-state index is 11.1. The Kier molecular flexibility index (Phi) is 6.17. The van der Waals surface area contributed by atoms with Crippen molar-refractivity contribution in [2.75, 3.05) is 25.4 Å². The highest BCUT2D eigenvalue weighted by atomic mass is 32.2. The first-order chi connectivity index (χ1) is 6.48. The van der Waals surface area contributed by atoms with E-state index in [2.05, 4.69) is 15.2 Å². The van der Waals surface area contributed by atoms with Gasteiger partial charge in [-0.2, -0.15) is 0 Å². The summed E-state index contributed by atoms with van der Waals surface area (Å²) >= 11 is 0. The Morgan fingerprint density at radius 1 is 1.43 bits per heavy atom. The van der Waals surface area contributed by atoms with Crippen LogP contribution < -0.4 is 16.2 Å². The number of hydrogen-bond donors (Lipinski definition) is 3. The van der Waals surface area contributed by atoms with Gasteiger partial charge in [-0.1, -0.05) is 0 Å². The Morgan fingerprint density at radius 3 is 2.57 bits per heavy atom. The number of rotatable bonds is 7. The molecule has 0 aromatic heterocycles. The summed E-state index contributed by atoms with van der Waals surface area (Å²) < 4.78 is 28.8. The fourth-order valence-corrected chi connectivity index (χ4v) is 1.78. The molecule has 0 aliphatic heterocycles. The predicted octanol–water partition coefficient (Wildman–Crippen LogP) is -1.65. The van der Waals surface area contributed by atoms with Gasteiger partial charge in [0, 0.05) is 6.54 Å². The fraction of sp³-hybridized carbons (Fsp3) is 0.833. The van der Waals surface area contributed by atoms with Gasteiger partial charge in [0.15, 0.2) is 0 Å². The molecule has 5 N–H and O–H groups in total. The lowest BCUT2D eigenvalue weighted by atomic mass is 10.5. The number of sulfonamides is 1. The van der Waals surface area contributed by atoms with Crippen LogP contribution in [0.5, 0.6) is 0 Å². The van der Waals surface area contributed by atoms with Gasteiger partial charge in [-0.25, -0.2) is 17.9 Å². The second-order valence-electron chi connectivity index (χ2n) is 2.52. The van der Waals surface area contributed by atoms with Gasteiger partial charge in [-0.15, -0.1) is 0 Å². The van der Waals surface area contributed by atoms with Gasteiger partial charge < -0.3 is 16.2 Å². The second kappa shape index (κ2) is 6.57. The van der Waals surface area contributed by atoms with Crippen molar-refractivity contribution in [2.45, 2.75) is 6.42 Å². The van der Waals surface area contributed by atoms with Crippen molar-refractivity contribution in [3.63, 3.8) is 0 Å². The van der Waals surface area contributed by atoms with Gasteiger partial charge in [0.2, 0.25) is 10.0 Å². The predicted molar refractivity (Wildman–Crippen MR) is 51.0 cm³/mol. The lowest BCUT2D eigenvalue weighted by Gasteiger charge is -2.05. The first-order valence-corrected chi connectivity index (χ1v) is 5.73. The minimum atomic E-state index is -3.30. The zero-order valence-electron chi connectivity index (χ0n) is 7.73. The number of nitrogens with one attached hydrogen (secondary N) is 1. The van der Waals surface area contributed by atoms with E-state index >= 15 is 0 Å². The Bertz CT molecular complexity index is 264. The molecule has 0 aliphatic carbocycles. The van der Waals surface area contributed by atoms with Gasteiger partial charge in [0.1, 0.15) is 6.61 Å². The molecule has 0 aromatic rings. The largest absolute Gasteiger partial charge is 0.448 e. The summed E-state index contributed by atoms with van der Waals surface area (Å²) in [6.07, 6.45) is -0.530. The van der Waals surface area contributed by atoms with E-state index in [0.717, 1.165) is 0 Å². The minimum absolute atomic E-state index is 0.0237. The second-order valence-corrected chi connectivity index (χ2v) is 4.45. The van der Waals surface area contributed by atoms with Crippen LogP contribution in [0.4, 0.5) is 4.79 Å². The van der Waals surface area contributed by atoms with Crippen LogP contribution in [0.3, 0.4) is 0 Å². The van der Waals surface area contributed by atoms with E-state index in [1.54, 1.807) is 0 Å². The third-order valence-electron chi connectivity index (χ3n) is 1.29. The zero-order valence-corrected chi connectivity index (χ0v) is 8.55. The topological polar surface area (TPSA) is 125 Å². The molecule has 14 heavy (non-hydrogen) atoms. The van der Waals surface area contributed by atoms with Gasteiger partial charge in [-0.3, -0.25) is 0 Å². The van der Waals surface area contributed by atoms with E-state index in [-0.39, 0.29) is 18.9 Å². The number of primary amides is 1. The van der Waals surface area contributed by atoms with Crippen LogP contribution in [-0.4, -0.2) is 40.0 Å². The molecule has 84 valence electrons. The molecule has 0 heterocycles. The third kappa shape index (κ3) is 7.77. The maximum Gasteiger partial charge on any atom is 0.404 e. The summed E-state index contributed by atoms with van der Waals surface area (Å²) in [6, 6.07) is 0. The number of carbonyl (C=O) groups is 1. The normalized spacial score (nSPS) is 11.2. The molecule has 0 aliphatic rings. The molecule has 0 radical (unpaired) electrons. The van der Waals surface area contributed by atoms with E-state index < -0.39 is 16.1 Å². The molecule has 7 nitrogen and oxygen atoms in total. The standard InChI is InChI=1S/C6H15N3O4S/c7-2-1-5-14(11,12)9-3-4-13-6(8)10/h9H,1-5,7H2,(H2,8,10). The molecule has 1 amide bonds. The Balaban J connectivity index is 3.61. The summed E-state index contributed by atoms with van der Waals surface area (Å²) in [5.41, 5.74) is 9.82. The lowest BCUT2D eigenvalue weighted by molar-refractivity contribution is 0.159. The van der Waals surface area contributed by atoms with Gasteiger partial charge in [-0.05, 0) is 13.0 Å². The van der Waals surface area contributed by atoms with E-state index in [1.165, 1.54) is 0 Å². The molecular weight excluding hydrogens is 210 g/mol. The van der Waals surface area contributed by atoms with Gasteiger partial charge in [0.05, 0.1) is 5.75 Å². The maximum atomic E-state index is 11.1. The zero-order chi connectivity index (χ0) is 11.0. The Morgan fingerprint density at radius 2 is 2.07 bits per heavy atom. The third-order valence-corrected chi connectivity index (χ3v) is 2.76. The lowest BCUT2D eigenvalue weighted by Crippen LogP contribution is -2.31. The van der Waals surface area contributed by atoms with E-state index in [4.69, 9.17) is 5.73 Å². The highest BCUT2D eigenvalue weighted by Gasteiger charge is 2.08. The minimum Gasteiger partial charge on any atom is -0.448 e. The van der Waals surface area contributed by atoms with Gasteiger partial charge >= 0.3 is 6.09 Å². The SMILES string of the molecule is NCCCS(=O)(=O)NCCOC(N)=O. The monoisotopic (exact) mass is 225 g/mol. The summed E-state index contributed by atoms with van der Waals surface area (Å²) in [4.78, 5) is 10.1. The van der Waals surface area contributed by atoms with Crippen LogP contribution in [-0.2, 0) is 14.8 Å². The molecule has 0 saturated carbocycles. The van der Waals surface area contributed by atoms with Crippen LogP contribution in [0.1, 0.15) is 6.42 Å². The smallest absolute Gasteiger partial charge is 0.404 e. The number of hydrogen-bond acceptors (Lipinski definition) is 5. The van der Waals surface area contributed by atoms with Gasteiger partial charge in [0.25, 0.3) is 0 Å². The molecule has 0 atom stereocenters. The molecule has 0 spiro atoms. The summed E-state index contributed by atoms with van der Waals surface area (Å²) in [5.74, 6) is -0.0277. The molecule has 0 rings (SSSR count). The number of carbonyl (C=O) groups excluding carboxylic acids is 1. The van der Waals surface area contributed by atoms with Crippen molar-refractivity contribution < 1.29 is 17.9 Å². The van der Waals surface area contributed by atoms with Crippen molar-refractivity contribution in [3.8, 4) is 0 Å². The molecule has 0 bridgehead atoms. The fourth-order valence-electron chi connectivity index (χ4n) is 0.694.